The minimum Gasteiger partial charge on any atom is -0.480 e. The fourth-order valence-corrected chi connectivity index (χ4v) is 3.96. The van der Waals surface area contributed by atoms with Gasteiger partial charge in [0.2, 0.25) is 0 Å². The molecule has 0 aliphatic carbocycles. The first-order valence-corrected chi connectivity index (χ1v) is 9.75. The zero-order chi connectivity index (χ0) is 20.4. The zero-order valence-electron chi connectivity index (χ0n) is 15.2. The number of aliphatic carboxylic acids is 1. The number of anilines is 2. The van der Waals surface area contributed by atoms with E-state index in [-0.39, 0.29) is 12.1 Å². The molecule has 3 N–H and O–H groups in total. The maximum Gasteiger partial charge on any atom is 0.322 e. The number of carboxylic acid groups (broad SMARTS) is 1. The maximum absolute atomic E-state index is 13.3. The van der Waals surface area contributed by atoms with Crippen molar-refractivity contribution in [1.29, 1.82) is 0 Å². The third-order valence-electron chi connectivity index (χ3n) is 4.55. The lowest BCUT2D eigenvalue weighted by Gasteiger charge is -2.37. The number of thiophene rings is 1. The number of carbonyl (C=O) groups is 3. The minimum absolute atomic E-state index is 0.138. The van der Waals surface area contributed by atoms with E-state index in [9.17, 15) is 14.4 Å². The first-order chi connectivity index (χ1) is 14.0. The van der Waals surface area contributed by atoms with Crippen LogP contribution in [0.25, 0.3) is 0 Å². The number of carboxylic acids is 1. The van der Waals surface area contributed by atoms with E-state index >= 15 is 0 Å². The summed E-state index contributed by atoms with van der Waals surface area (Å²) in [4.78, 5) is 38.6. The van der Waals surface area contributed by atoms with E-state index in [2.05, 4.69) is 10.6 Å². The van der Waals surface area contributed by atoms with Crippen molar-refractivity contribution in [1.82, 2.24) is 5.32 Å². The molecule has 1 unspecified atom stereocenters. The number of nitrogens with zero attached hydrogens (tertiary/aromatic N) is 1. The molecule has 1 aliphatic rings. The van der Waals surface area contributed by atoms with Gasteiger partial charge in [-0.25, -0.2) is 0 Å². The first-order valence-electron chi connectivity index (χ1n) is 8.87. The lowest BCUT2D eigenvalue weighted by Crippen LogP contribution is -2.42. The van der Waals surface area contributed by atoms with Crippen LogP contribution in [-0.2, 0) is 4.79 Å². The van der Waals surface area contributed by atoms with Gasteiger partial charge in [0.15, 0.2) is 0 Å². The van der Waals surface area contributed by atoms with Crippen LogP contribution in [0.1, 0.15) is 31.8 Å². The normalized spacial score (nSPS) is 15.4. The van der Waals surface area contributed by atoms with Crippen LogP contribution in [0, 0.1) is 0 Å². The smallest absolute Gasteiger partial charge is 0.322 e. The Labute approximate surface area is 170 Å². The van der Waals surface area contributed by atoms with Gasteiger partial charge in [0.05, 0.1) is 5.56 Å². The Morgan fingerprint density at radius 1 is 1.07 bits per heavy atom. The maximum atomic E-state index is 13.3. The SMILES string of the molecule is O=C(O)CNC(=O)c1ccc(N2C(=O)c3ccccc3NC2c2cccs2)cc1. The summed E-state index contributed by atoms with van der Waals surface area (Å²) in [6, 6.07) is 17.8. The van der Waals surface area contributed by atoms with Crippen molar-refractivity contribution in [3.05, 3.63) is 82.0 Å². The van der Waals surface area contributed by atoms with E-state index in [1.165, 1.54) is 0 Å². The van der Waals surface area contributed by atoms with Gasteiger partial charge in [0.1, 0.15) is 12.7 Å². The number of fused-ring (bicyclic) bond motifs is 1. The molecule has 1 atom stereocenters. The summed E-state index contributed by atoms with van der Waals surface area (Å²) in [7, 11) is 0. The van der Waals surface area contributed by atoms with Gasteiger partial charge in [-0.2, -0.15) is 0 Å². The monoisotopic (exact) mass is 407 g/mol. The van der Waals surface area contributed by atoms with Gasteiger partial charge in [0.25, 0.3) is 11.8 Å². The van der Waals surface area contributed by atoms with Gasteiger partial charge < -0.3 is 15.7 Å². The number of rotatable bonds is 5. The Bertz CT molecular complexity index is 1060. The molecular weight excluding hydrogens is 390 g/mol. The lowest BCUT2D eigenvalue weighted by molar-refractivity contribution is -0.135. The topological polar surface area (TPSA) is 98.7 Å². The van der Waals surface area contributed by atoms with Crippen LogP contribution in [0.5, 0.6) is 0 Å². The molecule has 0 spiro atoms. The molecule has 29 heavy (non-hydrogen) atoms. The van der Waals surface area contributed by atoms with Gasteiger partial charge >= 0.3 is 5.97 Å². The Hall–Kier alpha value is -3.65. The molecule has 8 heteroatoms. The molecule has 4 rings (SSSR count). The predicted octanol–water partition coefficient (Wildman–Crippen LogP) is 3.33. The molecule has 1 aliphatic heterocycles. The van der Waals surface area contributed by atoms with Crippen LogP contribution in [0.2, 0.25) is 0 Å². The average molecular weight is 407 g/mol. The highest BCUT2D eigenvalue weighted by Gasteiger charge is 2.34. The molecule has 146 valence electrons. The van der Waals surface area contributed by atoms with Gasteiger partial charge in [-0.3, -0.25) is 19.3 Å². The molecular formula is C21H17N3O4S. The van der Waals surface area contributed by atoms with E-state index < -0.39 is 18.4 Å². The summed E-state index contributed by atoms with van der Waals surface area (Å²) >= 11 is 1.55. The molecule has 0 fully saturated rings. The number of hydrogen-bond donors (Lipinski definition) is 3. The standard InChI is InChI=1S/C21H17N3O4S/c25-18(26)12-22-20(27)13-7-9-14(10-8-13)24-19(17-6-3-11-29-17)23-16-5-2-1-4-15(16)21(24)28/h1-11,19,23H,12H2,(H,22,27)(H,25,26). The zero-order valence-corrected chi connectivity index (χ0v) is 16.0. The van der Waals surface area contributed by atoms with Gasteiger partial charge in [0, 0.05) is 21.8 Å². The second kappa shape index (κ2) is 7.76. The van der Waals surface area contributed by atoms with Crippen molar-refractivity contribution >= 4 is 40.5 Å². The van der Waals surface area contributed by atoms with E-state index in [4.69, 9.17) is 5.11 Å². The number of nitrogens with one attached hydrogen (secondary N) is 2. The summed E-state index contributed by atoms with van der Waals surface area (Å²) in [6.45, 7) is -0.452. The van der Waals surface area contributed by atoms with Gasteiger partial charge in [-0.1, -0.05) is 18.2 Å². The van der Waals surface area contributed by atoms with Crippen molar-refractivity contribution in [2.24, 2.45) is 0 Å². The Morgan fingerprint density at radius 2 is 1.83 bits per heavy atom. The predicted molar refractivity (Wildman–Crippen MR) is 110 cm³/mol. The van der Waals surface area contributed by atoms with Crippen LogP contribution in [0.3, 0.4) is 0 Å². The van der Waals surface area contributed by atoms with Crippen LogP contribution >= 0.6 is 11.3 Å². The van der Waals surface area contributed by atoms with Gasteiger partial charge in [-0.15, -0.1) is 11.3 Å². The number of hydrogen-bond acceptors (Lipinski definition) is 5. The fraction of sp³-hybridized carbons (Fsp3) is 0.0952. The summed E-state index contributed by atoms with van der Waals surface area (Å²) in [6.07, 6.45) is -0.371. The van der Waals surface area contributed by atoms with Crippen molar-refractivity contribution < 1.29 is 19.5 Å². The second-order valence-corrected chi connectivity index (χ2v) is 7.39. The van der Waals surface area contributed by atoms with Crippen LogP contribution in [0.4, 0.5) is 11.4 Å². The highest BCUT2D eigenvalue weighted by Crippen LogP contribution is 2.37. The second-order valence-electron chi connectivity index (χ2n) is 6.41. The molecule has 2 amide bonds. The van der Waals surface area contributed by atoms with Crippen molar-refractivity contribution in [2.75, 3.05) is 16.8 Å². The highest BCUT2D eigenvalue weighted by molar-refractivity contribution is 7.10. The summed E-state index contributed by atoms with van der Waals surface area (Å²) in [5, 5.41) is 16.4. The van der Waals surface area contributed by atoms with E-state index in [1.54, 1.807) is 46.6 Å². The summed E-state index contributed by atoms with van der Waals surface area (Å²) < 4.78 is 0. The molecule has 0 bridgehead atoms. The molecule has 1 aromatic heterocycles. The van der Waals surface area contributed by atoms with Crippen molar-refractivity contribution in [2.45, 2.75) is 6.17 Å². The Kier molecular flexibility index (Phi) is 5.01. The number of amides is 2. The average Bonchev–Trinajstić information content (AvgIpc) is 3.27. The highest BCUT2D eigenvalue weighted by atomic mass is 32.1. The summed E-state index contributed by atoms with van der Waals surface area (Å²) in [5.41, 5.74) is 2.30. The lowest BCUT2D eigenvalue weighted by atomic mass is 10.1. The molecule has 3 aromatic rings. The Morgan fingerprint density at radius 3 is 2.52 bits per heavy atom. The molecule has 7 nitrogen and oxygen atoms in total. The number of para-hydroxylation sites is 1. The molecule has 2 aromatic carbocycles. The fourth-order valence-electron chi connectivity index (χ4n) is 3.20. The molecule has 0 radical (unpaired) electrons. The van der Waals surface area contributed by atoms with Gasteiger partial charge in [-0.05, 0) is 47.8 Å². The third kappa shape index (κ3) is 3.70. The molecule has 0 saturated carbocycles. The third-order valence-corrected chi connectivity index (χ3v) is 5.47. The largest absolute Gasteiger partial charge is 0.480 e. The van der Waals surface area contributed by atoms with Crippen LogP contribution in [-0.4, -0.2) is 29.4 Å². The summed E-state index contributed by atoms with van der Waals surface area (Å²) in [5.74, 6) is -1.74. The number of benzene rings is 2. The van der Waals surface area contributed by atoms with E-state index in [0.29, 0.717) is 16.8 Å². The van der Waals surface area contributed by atoms with Crippen LogP contribution < -0.4 is 15.5 Å². The first kappa shape index (κ1) is 18.7. The quantitative estimate of drug-likeness (QED) is 0.603. The number of carbonyl (C=O) groups excluding carboxylic acids is 2. The minimum atomic E-state index is -1.11. The van der Waals surface area contributed by atoms with E-state index in [0.717, 1.165) is 10.6 Å². The molecule has 0 saturated heterocycles. The van der Waals surface area contributed by atoms with Crippen molar-refractivity contribution in [3.8, 4) is 0 Å². The van der Waals surface area contributed by atoms with E-state index in [1.807, 2.05) is 35.7 Å². The van der Waals surface area contributed by atoms with Crippen molar-refractivity contribution in [3.63, 3.8) is 0 Å². The molecule has 2 heterocycles. The van der Waals surface area contributed by atoms with Crippen LogP contribution in [0.15, 0.2) is 66.0 Å². The Balaban J connectivity index is 1.67.